The van der Waals surface area contributed by atoms with Gasteiger partial charge in [0.25, 0.3) is 0 Å². The summed E-state index contributed by atoms with van der Waals surface area (Å²) in [7, 11) is 0. The third-order valence-electron chi connectivity index (χ3n) is 4.58. The Morgan fingerprint density at radius 3 is 2.68 bits per heavy atom. The molecule has 1 fully saturated rings. The molecular weight excluding hydrogens is 275 g/mol. The predicted molar refractivity (Wildman–Crippen MR) is 90.4 cm³/mol. The van der Waals surface area contributed by atoms with Gasteiger partial charge in [0.15, 0.2) is 0 Å². The zero-order chi connectivity index (χ0) is 15.8. The Hall–Kier alpha value is -1.41. The van der Waals surface area contributed by atoms with Crippen LogP contribution in [0.5, 0.6) is 0 Å². The van der Waals surface area contributed by atoms with Gasteiger partial charge in [0.2, 0.25) is 0 Å². The Morgan fingerprint density at radius 1 is 1.27 bits per heavy atom. The molecule has 120 valence electrons. The minimum absolute atomic E-state index is 0.130. The monoisotopic (exact) mass is 302 g/mol. The number of benzene rings is 1. The van der Waals surface area contributed by atoms with Crippen LogP contribution in [0, 0.1) is 11.7 Å². The van der Waals surface area contributed by atoms with Crippen molar-refractivity contribution in [2.45, 2.75) is 51.6 Å². The van der Waals surface area contributed by atoms with Crippen molar-refractivity contribution in [1.82, 2.24) is 0 Å². The molecule has 1 aromatic rings. The maximum absolute atomic E-state index is 14.2. The van der Waals surface area contributed by atoms with Crippen molar-refractivity contribution in [3.05, 3.63) is 60.0 Å². The molecule has 0 saturated heterocycles. The van der Waals surface area contributed by atoms with E-state index in [1.807, 2.05) is 19.1 Å². The Kier molecular flexibility index (Phi) is 6.85. The first-order chi connectivity index (χ1) is 10.7. The zero-order valence-electron chi connectivity index (χ0n) is 13.6. The van der Waals surface area contributed by atoms with Crippen LogP contribution >= 0.6 is 0 Å². The fraction of sp³-hybridized carbons (Fsp3) is 0.500. The van der Waals surface area contributed by atoms with E-state index in [1.54, 1.807) is 6.07 Å². The quantitative estimate of drug-likeness (QED) is 0.459. The second-order valence-electron chi connectivity index (χ2n) is 6.11. The molecule has 0 heterocycles. The summed E-state index contributed by atoms with van der Waals surface area (Å²) < 4.78 is 19.7. The molecule has 1 nitrogen and oxygen atoms in total. The average molecular weight is 302 g/mol. The van der Waals surface area contributed by atoms with Crippen LogP contribution < -0.4 is 0 Å². The van der Waals surface area contributed by atoms with Crippen LogP contribution in [0.2, 0.25) is 0 Å². The van der Waals surface area contributed by atoms with E-state index in [0.29, 0.717) is 30.6 Å². The highest BCUT2D eigenvalue weighted by Crippen LogP contribution is 2.36. The van der Waals surface area contributed by atoms with Crippen molar-refractivity contribution in [3.63, 3.8) is 0 Å². The van der Waals surface area contributed by atoms with Crippen LogP contribution in [0.15, 0.2) is 43.0 Å². The van der Waals surface area contributed by atoms with Crippen molar-refractivity contribution >= 4 is 0 Å². The Balaban J connectivity index is 1.88. The number of ether oxygens (including phenoxy) is 1. The van der Waals surface area contributed by atoms with Crippen LogP contribution in [0.3, 0.4) is 0 Å². The summed E-state index contributed by atoms with van der Waals surface area (Å²) in [6.07, 6.45) is 11.6. The summed E-state index contributed by atoms with van der Waals surface area (Å²) in [5.41, 5.74) is 1.79. The topological polar surface area (TPSA) is 9.23 Å². The van der Waals surface area contributed by atoms with Gasteiger partial charge in [0.1, 0.15) is 5.82 Å². The highest BCUT2D eigenvalue weighted by Gasteiger charge is 2.21. The van der Waals surface area contributed by atoms with Crippen molar-refractivity contribution in [3.8, 4) is 0 Å². The molecule has 0 N–H and O–H groups in total. The summed E-state index contributed by atoms with van der Waals surface area (Å²) in [6, 6.07) is 5.68. The Labute approximate surface area is 133 Å². The van der Waals surface area contributed by atoms with E-state index < -0.39 is 0 Å². The number of halogens is 1. The first kappa shape index (κ1) is 17.0. The van der Waals surface area contributed by atoms with Gasteiger partial charge in [-0.25, -0.2) is 4.39 Å². The van der Waals surface area contributed by atoms with Crippen LogP contribution in [-0.4, -0.2) is 6.61 Å². The number of allylic oxidation sites excluding steroid dienone is 2. The zero-order valence-corrected chi connectivity index (χ0v) is 13.6. The molecule has 1 aliphatic rings. The van der Waals surface area contributed by atoms with Crippen LogP contribution in [-0.2, 0) is 11.3 Å². The smallest absolute Gasteiger partial charge is 0.129 e. The van der Waals surface area contributed by atoms with Gasteiger partial charge < -0.3 is 4.74 Å². The second kappa shape index (κ2) is 8.89. The van der Waals surface area contributed by atoms with E-state index in [4.69, 9.17) is 4.74 Å². The standard InChI is InChI=1S/C20H27FO/c1-3-5-6-13-22-15-19-12-11-18(14-20(19)21)17-9-7-16(4-2)8-10-17/h3-5,11-12,14,16-17H,2,6-10,13,15H2,1H3/b5-3+. The third-order valence-corrected chi connectivity index (χ3v) is 4.58. The Morgan fingerprint density at radius 2 is 2.05 bits per heavy atom. The molecule has 1 aliphatic carbocycles. The molecule has 0 atom stereocenters. The normalized spacial score (nSPS) is 22.1. The third kappa shape index (κ3) is 4.81. The van der Waals surface area contributed by atoms with Gasteiger partial charge in [0.05, 0.1) is 13.2 Å². The fourth-order valence-electron chi connectivity index (χ4n) is 3.12. The van der Waals surface area contributed by atoms with E-state index in [1.165, 1.54) is 12.8 Å². The number of hydrogen-bond acceptors (Lipinski definition) is 1. The van der Waals surface area contributed by atoms with E-state index in [2.05, 4.69) is 24.8 Å². The van der Waals surface area contributed by atoms with E-state index >= 15 is 0 Å². The fourth-order valence-corrected chi connectivity index (χ4v) is 3.12. The van der Waals surface area contributed by atoms with Crippen molar-refractivity contribution in [2.75, 3.05) is 6.61 Å². The second-order valence-corrected chi connectivity index (χ2v) is 6.11. The molecule has 1 aromatic carbocycles. The molecule has 2 heteroatoms. The van der Waals surface area contributed by atoms with Gasteiger partial charge in [0, 0.05) is 5.56 Å². The summed E-state index contributed by atoms with van der Waals surface area (Å²) in [5, 5.41) is 0. The maximum Gasteiger partial charge on any atom is 0.129 e. The molecule has 22 heavy (non-hydrogen) atoms. The molecule has 0 spiro atoms. The van der Waals surface area contributed by atoms with E-state index in [0.717, 1.165) is 24.8 Å². The number of hydrogen-bond donors (Lipinski definition) is 0. The highest BCUT2D eigenvalue weighted by molar-refractivity contribution is 5.27. The predicted octanol–water partition coefficient (Wildman–Crippen LogP) is 5.77. The molecule has 0 radical (unpaired) electrons. The molecular formula is C20H27FO. The van der Waals surface area contributed by atoms with Gasteiger partial charge in [-0.3, -0.25) is 0 Å². The summed E-state index contributed by atoms with van der Waals surface area (Å²) in [6.45, 7) is 6.85. The first-order valence-corrected chi connectivity index (χ1v) is 8.34. The van der Waals surface area contributed by atoms with Crippen molar-refractivity contribution in [2.24, 2.45) is 5.92 Å². The SMILES string of the molecule is C=CC1CCC(c2ccc(COCC/C=C/C)c(F)c2)CC1. The largest absolute Gasteiger partial charge is 0.376 e. The first-order valence-electron chi connectivity index (χ1n) is 8.34. The Bertz CT molecular complexity index is 498. The van der Waals surface area contributed by atoms with E-state index in [-0.39, 0.29) is 5.82 Å². The van der Waals surface area contributed by atoms with Crippen LogP contribution in [0.4, 0.5) is 4.39 Å². The van der Waals surface area contributed by atoms with Gasteiger partial charge >= 0.3 is 0 Å². The van der Waals surface area contributed by atoms with Gasteiger partial charge in [-0.2, -0.15) is 0 Å². The summed E-state index contributed by atoms with van der Waals surface area (Å²) >= 11 is 0. The molecule has 0 aliphatic heterocycles. The molecule has 2 rings (SSSR count). The average Bonchev–Trinajstić information content (AvgIpc) is 2.56. The lowest BCUT2D eigenvalue weighted by molar-refractivity contribution is 0.123. The van der Waals surface area contributed by atoms with Gasteiger partial charge in [-0.15, -0.1) is 6.58 Å². The van der Waals surface area contributed by atoms with Gasteiger partial charge in [-0.1, -0.05) is 30.4 Å². The number of rotatable bonds is 7. The lowest BCUT2D eigenvalue weighted by Gasteiger charge is -2.27. The van der Waals surface area contributed by atoms with Crippen LogP contribution in [0.1, 0.15) is 56.1 Å². The van der Waals surface area contributed by atoms with Crippen molar-refractivity contribution < 1.29 is 9.13 Å². The lowest BCUT2D eigenvalue weighted by Crippen LogP contribution is -2.12. The molecule has 0 bridgehead atoms. The maximum atomic E-state index is 14.2. The molecule has 0 amide bonds. The van der Waals surface area contributed by atoms with Gasteiger partial charge in [-0.05, 0) is 62.5 Å². The molecule has 0 aromatic heterocycles. The highest BCUT2D eigenvalue weighted by atomic mass is 19.1. The minimum Gasteiger partial charge on any atom is -0.376 e. The molecule has 1 saturated carbocycles. The summed E-state index contributed by atoms with van der Waals surface area (Å²) in [4.78, 5) is 0. The van der Waals surface area contributed by atoms with Crippen molar-refractivity contribution in [1.29, 1.82) is 0 Å². The minimum atomic E-state index is -0.130. The van der Waals surface area contributed by atoms with Crippen LogP contribution in [0.25, 0.3) is 0 Å². The molecule has 0 unspecified atom stereocenters. The summed E-state index contributed by atoms with van der Waals surface area (Å²) in [5.74, 6) is 1.01. The lowest BCUT2D eigenvalue weighted by atomic mass is 9.78. The van der Waals surface area contributed by atoms with E-state index in [9.17, 15) is 4.39 Å².